The standard InChI is InChI=1S/C9H12ClO5P/c1-13-7-4-6(16(10,11)12)5-8(14-2)9(7)15-3/h4-5H,1-3H3,(H,11,12). The summed E-state index contributed by atoms with van der Waals surface area (Å²) in [6, 6.07) is 2.68. The minimum Gasteiger partial charge on any atom is -0.493 e. The molecule has 0 bridgehead atoms. The second kappa shape index (κ2) is 4.95. The molecule has 1 rings (SSSR count). The predicted molar refractivity (Wildman–Crippen MR) is 61.4 cm³/mol. The lowest BCUT2D eigenvalue weighted by atomic mass is 10.3. The summed E-state index contributed by atoms with van der Waals surface area (Å²) in [5.74, 6) is 0.914. The molecule has 0 saturated heterocycles. The van der Waals surface area contributed by atoms with Crippen molar-refractivity contribution in [3.8, 4) is 17.2 Å². The number of halogens is 1. The smallest absolute Gasteiger partial charge is 0.317 e. The van der Waals surface area contributed by atoms with E-state index in [1.807, 2.05) is 0 Å². The molecule has 1 aromatic carbocycles. The SMILES string of the molecule is COc1cc(P(=O)(O)Cl)cc(OC)c1OC. The Kier molecular flexibility index (Phi) is 4.08. The first-order valence-electron chi connectivity index (χ1n) is 4.27. The molecule has 0 amide bonds. The molecule has 0 aliphatic rings. The largest absolute Gasteiger partial charge is 0.493 e. The van der Waals surface area contributed by atoms with Crippen molar-refractivity contribution in [2.75, 3.05) is 21.3 Å². The van der Waals surface area contributed by atoms with Crippen molar-refractivity contribution < 1.29 is 23.7 Å². The Balaban J connectivity index is 3.43. The van der Waals surface area contributed by atoms with Crippen molar-refractivity contribution in [1.82, 2.24) is 0 Å². The van der Waals surface area contributed by atoms with Gasteiger partial charge in [0.2, 0.25) is 5.75 Å². The fourth-order valence-corrected chi connectivity index (χ4v) is 2.07. The van der Waals surface area contributed by atoms with Gasteiger partial charge in [-0.1, -0.05) is 0 Å². The van der Waals surface area contributed by atoms with E-state index in [4.69, 9.17) is 25.5 Å². The Morgan fingerprint density at radius 3 is 1.81 bits per heavy atom. The molecule has 16 heavy (non-hydrogen) atoms. The maximum Gasteiger partial charge on any atom is 0.317 e. The molecular weight excluding hydrogens is 255 g/mol. The fraction of sp³-hybridized carbons (Fsp3) is 0.333. The van der Waals surface area contributed by atoms with Crippen LogP contribution in [0.2, 0.25) is 0 Å². The average Bonchev–Trinajstić information content (AvgIpc) is 2.25. The molecule has 0 saturated carbocycles. The van der Waals surface area contributed by atoms with Crippen molar-refractivity contribution in [2.45, 2.75) is 0 Å². The molecule has 7 heteroatoms. The summed E-state index contributed by atoms with van der Waals surface area (Å²) in [7, 11) is 4.27. The topological polar surface area (TPSA) is 65.0 Å². The molecule has 1 aromatic rings. The van der Waals surface area contributed by atoms with Crippen LogP contribution < -0.4 is 19.5 Å². The number of rotatable bonds is 4. The van der Waals surface area contributed by atoms with E-state index in [1.165, 1.54) is 33.5 Å². The van der Waals surface area contributed by atoms with Crippen LogP contribution in [0, 0.1) is 0 Å². The zero-order chi connectivity index (χ0) is 12.3. The first-order valence-corrected chi connectivity index (χ1v) is 6.83. The lowest BCUT2D eigenvalue weighted by Gasteiger charge is -2.14. The fourth-order valence-electron chi connectivity index (χ4n) is 1.23. The van der Waals surface area contributed by atoms with Gasteiger partial charge in [0.25, 0.3) is 0 Å². The van der Waals surface area contributed by atoms with E-state index in [1.54, 1.807) is 0 Å². The van der Waals surface area contributed by atoms with Crippen LogP contribution in [0.5, 0.6) is 17.2 Å². The average molecular weight is 267 g/mol. The minimum absolute atomic E-state index is 0.0312. The molecule has 1 unspecified atom stereocenters. The van der Waals surface area contributed by atoms with Crippen molar-refractivity contribution in [2.24, 2.45) is 0 Å². The molecule has 0 aliphatic heterocycles. The normalized spacial score (nSPS) is 14.1. The molecule has 0 aromatic heterocycles. The van der Waals surface area contributed by atoms with Crippen LogP contribution in [0.4, 0.5) is 0 Å². The van der Waals surface area contributed by atoms with Crippen LogP contribution in [0.15, 0.2) is 12.1 Å². The molecule has 0 aliphatic carbocycles. The van der Waals surface area contributed by atoms with Crippen molar-refractivity contribution in [1.29, 1.82) is 0 Å². The second-order valence-corrected chi connectivity index (χ2v) is 5.78. The first-order chi connectivity index (χ1) is 7.43. The van der Waals surface area contributed by atoms with Crippen LogP contribution >= 0.6 is 18.0 Å². The van der Waals surface area contributed by atoms with Crippen LogP contribution in [0.25, 0.3) is 0 Å². The Morgan fingerprint density at radius 2 is 1.56 bits per heavy atom. The molecule has 0 radical (unpaired) electrons. The maximum atomic E-state index is 11.3. The minimum atomic E-state index is -3.87. The Labute approximate surface area is 98.1 Å². The molecule has 1 N–H and O–H groups in total. The van der Waals surface area contributed by atoms with Gasteiger partial charge in [-0.25, -0.2) is 0 Å². The highest BCUT2D eigenvalue weighted by atomic mass is 35.7. The first kappa shape index (κ1) is 13.2. The molecule has 0 fully saturated rings. The number of benzene rings is 1. The van der Waals surface area contributed by atoms with E-state index >= 15 is 0 Å². The van der Waals surface area contributed by atoms with Crippen LogP contribution in [-0.2, 0) is 4.57 Å². The summed E-state index contributed by atoms with van der Waals surface area (Å²) in [6.07, 6.45) is 0. The van der Waals surface area contributed by atoms with Crippen LogP contribution in [0.3, 0.4) is 0 Å². The number of ether oxygens (including phenoxy) is 3. The highest BCUT2D eigenvalue weighted by Gasteiger charge is 2.23. The van der Waals surface area contributed by atoms with E-state index < -0.39 is 6.72 Å². The lowest BCUT2D eigenvalue weighted by molar-refractivity contribution is 0.325. The van der Waals surface area contributed by atoms with Crippen molar-refractivity contribution in [3.63, 3.8) is 0 Å². The van der Waals surface area contributed by atoms with Gasteiger partial charge in [0.05, 0.1) is 26.6 Å². The molecular formula is C9H12ClO5P. The van der Waals surface area contributed by atoms with Crippen LogP contribution in [0.1, 0.15) is 0 Å². The highest BCUT2D eigenvalue weighted by molar-refractivity contribution is 7.90. The van der Waals surface area contributed by atoms with Gasteiger partial charge in [0.1, 0.15) is 0 Å². The molecule has 90 valence electrons. The van der Waals surface area contributed by atoms with E-state index in [2.05, 4.69) is 0 Å². The lowest BCUT2D eigenvalue weighted by Crippen LogP contribution is -2.05. The summed E-state index contributed by atoms with van der Waals surface area (Å²) in [4.78, 5) is 9.26. The summed E-state index contributed by atoms with van der Waals surface area (Å²) < 4.78 is 26.4. The van der Waals surface area contributed by atoms with E-state index in [0.717, 1.165) is 0 Å². The van der Waals surface area contributed by atoms with Gasteiger partial charge in [0.15, 0.2) is 11.5 Å². The number of hydrogen-bond acceptors (Lipinski definition) is 4. The third-order valence-corrected chi connectivity index (χ3v) is 3.45. The zero-order valence-corrected chi connectivity index (χ0v) is 10.7. The predicted octanol–water partition coefficient (Wildman–Crippen LogP) is 1.76. The van der Waals surface area contributed by atoms with Gasteiger partial charge in [0, 0.05) is 0 Å². The van der Waals surface area contributed by atoms with Gasteiger partial charge in [-0.05, 0) is 23.4 Å². The Hall–Kier alpha value is -0.900. The highest BCUT2D eigenvalue weighted by Crippen LogP contribution is 2.48. The summed E-state index contributed by atoms with van der Waals surface area (Å²) in [5, 5.41) is 0.0312. The summed E-state index contributed by atoms with van der Waals surface area (Å²) in [5.41, 5.74) is 0. The van der Waals surface area contributed by atoms with Gasteiger partial charge >= 0.3 is 6.72 Å². The number of hydrogen-bond donors (Lipinski definition) is 1. The van der Waals surface area contributed by atoms with E-state index in [0.29, 0.717) is 5.75 Å². The van der Waals surface area contributed by atoms with E-state index in [9.17, 15) is 9.46 Å². The quantitative estimate of drug-likeness (QED) is 0.841. The Morgan fingerprint density at radius 1 is 1.12 bits per heavy atom. The summed E-state index contributed by atoms with van der Waals surface area (Å²) >= 11 is 5.37. The molecule has 5 nitrogen and oxygen atoms in total. The van der Waals surface area contributed by atoms with Gasteiger partial charge in [-0.3, -0.25) is 4.57 Å². The van der Waals surface area contributed by atoms with Gasteiger partial charge < -0.3 is 19.1 Å². The second-order valence-electron chi connectivity index (χ2n) is 2.89. The van der Waals surface area contributed by atoms with Gasteiger partial charge in [-0.2, -0.15) is 0 Å². The maximum absolute atomic E-state index is 11.3. The molecule has 0 spiro atoms. The third kappa shape index (κ3) is 2.61. The van der Waals surface area contributed by atoms with Gasteiger partial charge in [-0.15, -0.1) is 0 Å². The molecule has 1 atom stereocenters. The monoisotopic (exact) mass is 266 g/mol. The third-order valence-electron chi connectivity index (χ3n) is 1.97. The van der Waals surface area contributed by atoms with Crippen molar-refractivity contribution >= 4 is 23.3 Å². The molecule has 0 heterocycles. The van der Waals surface area contributed by atoms with Crippen LogP contribution in [-0.4, -0.2) is 26.2 Å². The Bertz CT molecular complexity index is 403. The van der Waals surface area contributed by atoms with E-state index in [-0.39, 0.29) is 16.8 Å². The van der Waals surface area contributed by atoms with Crippen molar-refractivity contribution in [3.05, 3.63) is 12.1 Å². The zero-order valence-electron chi connectivity index (χ0n) is 9.06. The summed E-state index contributed by atoms with van der Waals surface area (Å²) in [6.45, 7) is -3.87. The number of methoxy groups -OCH3 is 3.